The Labute approximate surface area is 59.5 Å². The van der Waals surface area contributed by atoms with Crippen LogP contribution in [0.1, 0.15) is 13.8 Å². The van der Waals surface area contributed by atoms with Gasteiger partial charge in [-0.15, -0.1) is 0 Å². The first-order valence-electron chi connectivity index (χ1n) is 2.98. The number of hydrogen-bond donors (Lipinski definition) is 3. The summed E-state index contributed by atoms with van der Waals surface area (Å²) in [5.41, 5.74) is 0. The van der Waals surface area contributed by atoms with E-state index in [1.807, 2.05) is 0 Å². The van der Waals surface area contributed by atoms with E-state index in [1.54, 1.807) is 13.8 Å². The summed E-state index contributed by atoms with van der Waals surface area (Å²) in [4.78, 5) is 10.4. The first-order valence-corrected chi connectivity index (χ1v) is 2.98. The number of carboxylic acids is 1. The lowest BCUT2D eigenvalue weighted by Gasteiger charge is -2.21. The molecule has 0 aliphatic heterocycles. The summed E-state index contributed by atoms with van der Waals surface area (Å²) in [6.45, 7) is 3.48. The van der Waals surface area contributed by atoms with Gasteiger partial charge in [-0.1, -0.05) is 13.8 Å². The van der Waals surface area contributed by atoms with E-state index in [0.717, 1.165) is 0 Å². The van der Waals surface area contributed by atoms with Crippen molar-refractivity contribution in [1.82, 2.24) is 5.12 Å². The molecule has 0 aromatic heterocycles. The van der Waals surface area contributed by atoms with Crippen LogP contribution in [0, 0.1) is 5.92 Å². The van der Waals surface area contributed by atoms with Gasteiger partial charge in [0.25, 0.3) is 0 Å². The van der Waals surface area contributed by atoms with Gasteiger partial charge in [-0.05, 0) is 5.92 Å². The van der Waals surface area contributed by atoms with Crippen LogP contribution in [-0.2, 0) is 4.79 Å². The average Bonchev–Trinajstić information content (AvgIpc) is 1.59. The number of aliphatic carboxylic acids is 1. The molecule has 0 aromatic rings. The van der Waals surface area contributed by atoms with E-state index in [1.165, 1.54) is 0 Å². The van der Waals surface area contributed by atoms with Crippen LogP contribution >= 0.6 is 0 Å². The molecule has 0 unspecified atom stereocenters. The molecule has 0 heterocycles. The molecule has 0 saturated carbocycles. The fraction of sp³-hybridized carbons (Fsp3) is 0.800. The van der Waals surface area contributed by atoms with Crippen molar-refractivity contribution >= 4 is 5.97 Å². The lowest BCUT2D eigenvalue weighted by molar-refractivity contribution is -0.145. The Bertz CT molecular complexity index is 116. The van der Waals surface area contributed by atoms with Crippen molar-refractivity contribution < 1.29 is 9.90 Å². The second kappa shape index (κ2) is 3.50. The minimum absolute atomic E-state index is 0.0903. The predicted molar refractivity (Wildman–Crippen MR) is 36.5 cm³/mol. The normalized spacial score (nSPS) is 14.2. The molecule has 60 valence electrons. The molecule has 1 atom stereocenters. The van der Waals surface area contributed by atoms with Crippen LogP contribution in [0.2, 0.25) is 0 Å². The number of hydrogen-bond acceptors (Lipinski definition) is 4. The van der Waals surface area contributed by atoms with Gasteiger partial charge in [0.05, 0.1) is 0 Å². The van der Waals surface area contributed by atoms with E-state index in [-0.39, 0.29) is 5.92 Å². The zero-order valence-corrected chi connectivity index (χ0v) is 6.11. The molecule has 5 nitrogen and oxygen atoms in total. The van der Waals surface area contributed by atoms with Crippen LogP contribution in [0.25, 0.3) is 0 Å². The molecule has 0 aromatic carbocycles. The fourth-order valence-corrected chi connectivity index (χ4v) is 0.757. The molecule has 0 amide bonds. The number of carbonyl (C=O) groups is 1. The van der Waals surface area contributed by atoms with Crippen molar-refractivity contribution in [2.24, 2.45) is 17.6 Å². The van der Waals surface area contributed by atoms with Crippen LogP contribution < -0.4 is 11.7 Å². The van der Waals surface area contributed by atoms with E-state index >= 15 is 0 Å². The third kappa shape index (κ3) is 2.30. The smallest absolute Gasteiger partial charge is 0.324 e. The van der Waals surface area contributed by atoms with Gasteiger partial charge in [0, 0.05) is 0 Å². The van der Waals surface area contributed by atoms with Crippen molar-refractivity contribution in [2.45, 2.75) is 19.9 Å². The summed E-state index contributed by atoms with van der Waals surface area (Å²) in [6.07, 6.45) is 0. The summed E-state index contributed by atoms with van der Waals surface area (Å²) < 4.78 is 0. The number of hydrazine groups is 2. The highest BCUT2D eigenvalue weighted by molar-refractivity contribution is 5.73. The molecule has 0 aliphatic rings. The second-order valence-electron chi connectivity index (χ2n) is 2.47. The Morgan fingerprint density at radius 3 is 1.90 bits per heavy atom. The number of nitrogens with two attached hydrogens (primary N) is 2. The summed E-state index contributed by atoms with van der Waals surface area (Å²) in [6, 6.07) is -0.806. The number of nitrogens with zero attached hydrogens (tertiary/aromatic N) is 1. The third-order valence-corrected chi connectivity index (χ3v) is 1.21. The van der Waals surface area contributed by atoms with Crippen LogP contribution in [0.15, 0.2) is 0 Å². The Kier molecular flexibility index (Phi) is 3.27. The van der Waals surface area contributed by atoms with Gasteiger partial charge >= 0.3 is 5.97 Å². The lowest BCUT2D eigenvalue weighted by Crippen LogP contribution is -2.53. The molecule has 5 N–H and O–H groups in total. The van der Waals surface area contributed by atoms with Gasteiger partial charge in [-0.2, -0.15) is 5.12 Å². The van der Waals surface area contributed by atoms with Crippen LogP contribution in [0.5, 0.6) is 0 Å². The van der Waals surface area contributed by atoms with Crippen LogP contribution in [0.4, 0.5) is 0 Å². The first-order chi connectivity index (χ1) is 4.46. The molecule has 0 bridgehead atoms. The minimum atomic E-state index is -1.00. The molecule has 0 radical (unpaired) electrons. The molecule has 0 aliphatic carbocycles. The van der Waals surface area contributed by atoms with Gasteiger partial charge in [0.2, 0.25) is 0 Å². The van der Waals surface area contributed by atoms with Crippen LogP contribution in [-0.4, -0.2) is 22.2 Å². The predicted octanol–water partition coefficient (Wildman–Crippen LogP) is -0.855. The van der Waals surface area contributed by atoms with Gasteiger partial charge in [0.1, 0.15) is 6.04 Å². The van der Waals surface area contributed by atoms with Crippen molar-refractivity contribution in [2.75, 3.05) is 0 Å². The fourth-order valence-electron chi connectivity index (χ4n) is 0.757. The maximum Gasteiger partial charge on any atom is 0.324 e. The highest BCUT2D eigenvalue weighted by Crippen LogP contribution is 2.03. The Hall–Kier alpha value is -0.650. The average molecular weight is 147 g/mol. The lowest BCUT2D eigenvalue weighted by atomic mass is 10.1. The highest BCUT2D eigenvalue weighted by Gasteiger charge is 2.24. The summed E-state index contributed by atoms with van der Waals surface area (Å²) in [7, 11) is 0. The molecule has 0 saturated heterocycles. The second-order valence-corrected chi connectivity index (χ2v) is 2.47. The van der Waals surface area contributed by atoms with E-state index in [2.05, 4.69) is 0 Å². The van der Waals surface area contributed by atoms with Crippen molar-refractivity contribution in [3.63, 3.8) is 0 Å². The van der Waals surface area contributed by atoms with Gasteiger partial charge in [-0.25, -0.2) is 0 Å². The first kappa shape index (κ1) is 9.35. The number of carboxylic acid groups (broad SMARTS) is 1. The van der Waals surface area contributed by atoms with Crippen LogP contribution in [0.3, 0.4) is 0 Å². The largest absolute Gasteiger partial charge is 0.480 e. The van der Waals surface area contributed by atoms with Gasteiger partial charge in [-0.3, -0.25) is 16.5 Å². The van der Waals surface area contributed by atoms with E-state index < -0.39 is 12.0 Å². The third-order valence-electron chi connectivity index (χ3n) is 1.21. The summed E-state index contributed by atoms with van der Waals surface area (Å²) >= 11 is 0. The van der Waals surface area contributed by atoms with Crippen molar-refractivity contribution in [1.29, 1.82) is 0 Å². The Morgan fingerprint density at radius 2 is 1.90 bits per heavy atom. The van der Waals surface area contributed by atoms with E-state index in [9.17, 15) is 4.79 Å². The molecule has 0 spiro atoms. The SMILES string of the molecule is CC(C)[C@@H](C(=O)O)N(N)N. The van der Waals surface area contributed by atoms with Gasteiger partial charge < -0.3 is 5.11 Å². The van der Waals surface area contributed by atoms with Gasteiger partial charge in [0.15, 0.2) is 0 Å². The molecule has 0 fully saturated rings. The maximum atomic E-state index is 10.4. The van der Waals surface area contributed by atoms with Crippen molar-refractivity contribution in [3.05, 3.63) is 0 Å². The van der Waals surface area contributed by atoms with E-state index in [0.29, 0.717) is 5.12 Å². The Balaban J connectivity index is 4.12. The molecule has 0 rings (SSSR count). The standard InChI is InChI=1S/C5H13N3O2/c1-3(2)4(5(9)10)8(6)7/h3-4H,6-7H2,1-2H3,(H,9,10)/t4-/m0/s1. The quantitative estimate of drug-likeness (QED) is 0.357. The molecular formula is C5H13N3O2. The monoisotopic (exact) mass is 147 g/mol. The zero-order valence-electron chi connectivity index (χ0n) is 6.11. The zero-order chi connectivity index (χ0) is 8.31. The summed E-state index contributed by atoms with van der Waals surface area (Å²) in [5, 5.41) is 9.23. The molecule has 10 heavy (non-hydrogen) atoms. The number of rotatable bonds is 3. The summed E-state index contributed by atoms with van der Waals surface area (Å²) in [5.74, 6) is 9.05. The maximum absolute atomic E-state index is 10.4. The van der Waals surface area contributed by atoms with Crippen molar-refractivity contribution in [3.8, 4) is 0 Å². The van der Waals surface area contributed by atoms with E-state index in [4.69, 9.17) is 16.8 Å². The minimum Gasteiger partial charge on any atom is -0.480 e. The molecule has 5 heteroatoms. The Morgan fingerprint density at radius 1 is 1.50 bits per heavy atom. The topological polar surface area (TPSA) is 92.6 Å². The highest BCUT2D eigenvalue weighted by atomic mass is 16.4. The molecular weight excluding hydrogens is 134 g/mol.